The van der Waals surface area contributed by atoms with Crippen LogP contribution in [0.3, 0.4) is 0 Å². The molecule has 0 heterocycles. The lowest BCUT2D eigenvalue weighted by Crippen LogP contribution is -2.60. The highest BCUT2D eigenvalue weighted by atomic mass is 19.1. The molecule has 1 aromatic carbocycles. The molecule has 1 rings (SSSR count). The summed E-state index contributed by atoms with van der Waals surface area (Å²) >= 11 is 0. The van der Waals surface area contributed by atoms with Gasteiger partial charge in [-0.15, -0.1) is 0 Å². The molecule has 0 saturated carbocycles. The summed E-state index contributed by atoms with van der Waals surface area (Å²) in [5, 5.41) is 11.3. The molecule has 1 N–H and O–H groups in total. The monoisotopic (exact) mass is 139 g/mol. The zero-order chi connectivity index (χ0) is 7.40. The van der Waals surface area contributed by atoms with Crippen molar-refractivity contribution in [2.45, 2.75) is 0 Å². The van der Waals surface area contributed by atoms with E-state index in [1.807, 2.05) is 0 Å². The predicted molar refractivity (Wildman–Crippen MR) is 35.9 cm³/mol. The van der Waals surface area contributed by atoms with E-state index in [4.69, 9.17) is 0 Å². The van der Waals surface area contributed by atoms with Gasteiger partial charge in [-0.25, -0.2) is 9.55 Å². The van der Waals surface area contributed by atoms with Crippen molar-refractivity contribution in [1.82, 2.24) is 0 Å². The Labute approximate surface area is 57.6 Å². The first-order chi connectivity index (χ1) is 4.84. The van der Waals surface area contributed by atoms with Crippen LogP contribution < -0.4 is 5.16 Å². The van der Waals surface area contributed by atoms with Gasteiger partial charge in [0.2, 0.25) is 0 Å². The molecule has 0 fully saturated rings. The molecule has 0 unspecified atom stereocenters. The largest absolute Gasteiger partial charge is 0.625 e. The first kappa shape index (κ1) is 6.74. The van der Waals surface area contributed by atoms with Crippen LogP contribution in [0.5, 0.6) is 0 Å². The lowest BCUT2D eigenvalue weighted by Gasteiger charge is -1.89. The molecule has 0 aromatic heterocycles. The molecule has 0 spiro atoms. The minimum atomic E-state index is -0.397. The summed E-state index contributed by atoms with van der Waals surface area (Å²) in [4.78, 5) is 0. The van der Waals surface area contributed by atoms with Gasteiger partial charge in [0.05, 0.1) is 5.56 Å². The fourth-order valence-corrected chi connectivity index (χ4v) is 0.656. The Bertz CT molecular complexity index is 247. The highest BCUT2D eigenvalue weighted by molar-refractivity contribution is 5.75. The standard InChI is InChI=1S/C7H6FNO/c8-7-4-2-1-3-6(7)5-9-10/h1-5,9H. The van der Waals surface area contributed by atoms with Crippen molar-refractivity contribution in [1.29, 1.82) is 0 Å². The summed E-state index contributed by atoms with van der Waals surface area (Å²) in [6.07, 6.45) is 1.06. The molecule has 1 aromatic rings. The smallest absolute Gasteiger partial charge is 0.182 e. The predicted octanol–water partition coefficient (Wildman–Crippen LogP) is -0.177. The second kappa shape index (κ2) is 2.96. The zero-order valence-corrected chi connectivity index (χ0v) is 5.17. The number of halogens is 1. The molecule has 0 amide bonds. The number of nitrogens with one attached hydrogen (secondary N) is 1. The summed E-state index contributed by atoms with van der Waals surface area (Å²) in [5.41, 5.74) is 0.275. The summed E-state index contributed by atoms with van der Waals surface area (Å²) < 4.78 is 12.6. The lowest BCUT2D eigenvalue weighted by atomic mass is 10.2. The van der Waals surface area contributed by atoms with E-state index in [9.17, 15) is 9.60 Å². The Morgan fingerprint density at radius 2 is 2.10 bits per heavy atom. The van der Waals surface area contributed by atoms with Crippen LogP contribution in [-0.2, 0) is 0 Å². The van der Waals surface area contributed by atoms with E-state index in [2.05, 4.69) is 0 Å². The Kier molecular flexibility index (Phi) is 1.99. The Morgan fingerprint density at radius 1 is 1.40 bits per heavy atom. The van der Waals surface area contributed by atoms with Crippen LogP contribution in [0.15, 0.2) is 24.3 Å². The maximum Gasteiger partial charge on any atom is 0.182 e. The first-order valence-electron chi connectivity index (χ1n) is 2.80. The van der Waals surface area contributed by atoms with Gasteiger partial charge in [0, 0.05) is 0 Å². The van der Waals surface area contributed by atoms with Crippen LogP contribution in [-0.4, -0.2) is 6.21 Å². The molecule has 0 aliphatic heterocycles. The fourth-order valence-electron chi connectivity index (χ4n) is 0.656. The molecule has 52 valence electrons. The molecule has 0 aliphatic carbocycles. The molecule has 10 heavy (non-hydrogen) atoms. The average Bonchev–Trinajstić information content (AvgIpc) is 1.94. The maximum atomic E-state index is 12.6. The van der Waals surface area contributed by atoms with Crippen molar-refractivity contribution in [3.05, 3.63) is 40.9 Å². The van der Waals surface area contributed by atoms with Crippen LogP contribution in [0.2, 0.25) is 0 Å². The van der Waals surface area contributed by atoms with E-state index in [0.29, 0.717) is 0 Å². The van der Waals surface area contributed by atoms with Gasteiger partial charge in [0.1, 0.15) is 5.82 Å². The molecule has 2 nitrogen and oxygen atoms in total. The van der Waals surface area contributed by atoms with E-state index in [1.54, 1.807) is 12.1 Å². The SMILES string of the molecule is [O-][NH+]=Cc1ccccc1F. The number of rotatable bonds is 1. The van der Waals surface area contributed by atoms with Crippen molar-refractivity contribution in [3.63, 3.8) is 0 Å². The van der Waals surface area contributed by atoms with Crippen molar-refractivity contribution >= 4 is 6.21 Å². The number of hydrogen-bond acceptors (Lipinski definition) is 1. The summed E-state index contributed by atoms with van der Waals surface area (Å²) in [7, 11) is 0. The highest BCUT2D eigenvalue weighted by Gasteiger charge is 1.96. The molecule has 0 atom stereocenters. The van der Waals surface area contributed by atoms with Crippen LogP contribution in [0.1, 0.15) is 5.56 Å². The first-order valence-corrected chi connectivity index (χ1v) is 2.80. The number of benzene rings is 1. The van der Waals surface area contributed by atoms with Gasteiger partial charge in [-0.3, -0.25) is 0 Å². The van der Waals surface area contributed by atoms with Gasteiger partial charge in [0.25, 0.3) is 0 Å². The molecule has 0 radical (unpaired) electrons. The molecule has 0 saturated heterocycles. The quantitative estimate of drug-likeness (QED) is 0.327. The minimum Gasteiger partial charge on any atom is -0.625 e. The molecule has 3 heteroatoms. The topological polar surface area (TPSA) is 37.0 Å². The fraction of sp³-hybridized carbons (Fsp3) is 0. The van der Waals surface area contributed by atoms with E-state index in [-0.39, 0.29) is 5.56 Å². The molecule has 0 aliphatic rings. The minimum absolute atomic E-state index is 0.275. The average molecular weight is 139 g/mol. The lowest BCUT2D eigenvalue weighted by molar-refractivity contribution is -0.366. The summed E-state index contributed by atoms with van der Waals surface area (Å²) in [6, 6.07) is 6.03. The van der Waals surface area contributed by atoms with E-state index >= 15 is 0 Å². The third-order valence-electron chi connectivity index (χ3n) is 1.12. The van der Waals surface area contributed by atoms with Crippen molar-refractivity contribution in [2.75, 3.05) is 0 Å². The second-order valence-electron chi connectivity index (χ2n) is 1.78. The number of hydrogen-bond donors (Lipinski definition) is 1. The van der Waals surface area contributed by atoms with Gasteiger partial charge >= 0.3 is 0 Å². The van der Waals surface area contributed by atoms with Crippen LogP contribution in [0.4, 0.5) is 4.39 Å². The van der Waals surface area contributed by atoms with E-state index in [1.165, 1.54) is 17.3 Å². The van der Waals surface area contributed by atoms with Crippen LogP contribution in [0, 0.1) is 11.0 Å². The van der Waals surface area contributed by atoms with Gasteiger partial charge in [0.15, 0.2) is 6.21 Å². The Hall–Kier alpha value is -1.38. The van der Waals surface area contributed by atoms with Gasteiger partial charge in [-0.2, -0.15) is 0 Å². The summed E-state index contributed by atoms with van der Waals surface area (Å²) in [6.45, 7) is 0. The summed E-state index contributed by atoms with van der Waals surface area (Å²) in [5.74, 6) is -0.397. The Morgan fingerprint density at radius 3 is 2.70 bits per heavy atom. The van der Waals surface area contributed by atoms with E-state index in [0.717, 1.165) is 6.21 Å². The van der Waals surface area contributed by atoms with Crippen LogP contribution in [0.25, 0.3) is 0 Å². The second-order valence-corrected chi connectivity index (χ2v) is 1.78. The molecule has 0 bridgehead atoms. The van der Waals surface area contributed by atoms with Gasteiger partial charge in [-0.1, -0.05) is 12.1 Å². The highest BCUT2D eigenvalue weighted by Crippen LogP contribution is 2.00. The van der Waals surface area contributed by atoms with Crippen LogP contribution >= 0.6 is 0 Å². The maximum absolute atomic E-state index is 12.6. The zero-order valence-electron chi connectivity index (χ0n) is 5.17. The molecular weight excluding hydrogens is 133 g/mol. The third kappa shape index (κ3) is 1.31. The molecular formula is C7H6FNO. The third-order valence-corrected chi connectivity index (χ3v) is 1.12. The van der Waals surface area contributed by atoms with E-state index < -0.39 is 5.82 Å². The van der Waals surface area contributed by atoms with Crippen molar-refractivity contribution in [3.8, 4) is 0 Å². The van der Waals surface area contributed by atoms with Gasteiger partial charge < -0.3 is 5.21 Å². The van der Waals surface area contributed by atoms with Crippen molar-refractivity contribution < 1.29 is 9.55 Å². The normalized spacial score (nSPS) is 10.5. The van der Waals surface area contributed by atoms with Crippen molar-refractivity contribution in [2.24, 2.45) is 0 Å². The van der Waals surface area contributed by atoms with Gasteiger partial charge in [-0.05, 0) is 12.1 Å². The Balaban J connectivity index is 3.03.